The van der Waals surface area contributed by atoms with E-state index in [2.05, 4.69) is 41.6 Å². The van der Waals surface area contributed by atoms with Gasteiger partial charge in [0.2, 0.25) is 0 Å². The molecule has 0 heterocycles. The number of halogens is 2. The molecule has 0 aromatic carbocycles. The van der Waals surface area contributed by atoms with Gasteiger partial charge < -0.3 is 0 Å². The SMILES string of the molecule is O=C(CCCCCCCCCCBr)OOC(=O)CCCCCCCCCCBr. The summed E-state index contributed by atoms with van der Waals surface area (Å²) in [7, 11) is 0. The van der Waals surface area contributed by atoms with Crippen LogP contribution in [0.5, 0.6) is 0 Å². The lowest BCUT2D eigenvalue weighted by Gasteiger charge is -2.04. The second kappa shape index (κ2) is 23.2. The summed E-state index contributed by atoms with van der Waals surface area (Å²) >= 11 is 6.88. The lowest BCUT2D eigenvalue weighted by atomic mass is 10.1. The molecular weight excluding hydrogens is 488 g/mol. The van der Waals surface area contributed by atoms with Crippen molar-refractivity contribution in [1.29, 1.82) is 0 Å². The first-order valence-electron chi connectivity index (χ1n) is 11.2. The average molecular weight is 528 g/mol. The third-order valence-corrected chi connectivity index (χ3v) is 5.88. The summed E-state index contributed by atoms with van der Waals surface area (Å²) in [4.78, 5) is 32.4. The first-order valence-corrected chi connectivity index (χ1v) is 13.5. The van der Waals surface area contributed by atoms with Crippen LogP contribution in [-0.2, 0) is 19.4 Å². The smallest absolute Gasteiger partial charge is 0.247 e. The van der Waals surface area contributed by atoms with Crippen molar-refractivity contribution in [2.24, 2.45) is 0 Å². The van der Waals surface area contributed by atoms with E-state index in [-0.39, 0.29) is 0 Å². The van der Waals surface area contributed by atoms with Crippen LogP contribution in [0.2, 0.25) is 0 Å². The third kappa shape index (κ3) is 22.2. The summed E-state index contributed by atoms with van der Waals surface area (Å²) in [6.07, 6.45) is 19.3. The van der Waals surface area contributed by atoms with Crippen molar-refractivity contribution in [2.45, 2.75) is 116 Å². The van der Waals surface area contributed by atoms with Crippen LogP contribution in [0.1, 0.15) is 116 Å². The van der Waals surface area contributed by atoms with Gasteiger partial charge in [-0.1, -0.05) is 109 Å². The molecule has 0 unspecified atom stereocenters. The predicted octanol–water partition coefficient (Wildman–Crippen LogP) is 7.80. The molecule has 0 aliphatic carbocycles. The van der Waals surface area contributed by atoms with Crippen molar-refractivity contribution in [2.75, 3.05) is 10.7 Å². The van der Waals surface area contributed by atoms with Gasteiger partial charge in [0.05, 0.1) is 12.8 Å². The summed E-state index contributed by atoms with van der Waals surface area (Å²) in [6, 6.07) is 0. The largest absolute Gasteiger partial charge is 0.355 e. The molecule has 0 aromatic heterocycles. The maximum absolute atomic E-state index is 11.6. The number of unbranched alkanes of at least 4 members (excludes halogenated alkanes) is 14. The molecule has 6 heteroatoms. The molecule has 0 aromatic rings. The van der Waals surface area contributed by atoms with E-state index in [0.717, 1.165) is 49.2 Å². The second-order valence-corrected chi connectivity index (χ2v) is 9.03. The van der Waals surface area contributed by atoms with E-state index in [9.17, 15) is 9.59 Å². The monoisotopic (exact) mass is 526 g/mol. The van der Waals surface area contributed by atoms with Gasteiger partial charge in [-0.2, -0.15) is 0 Å². The topological polar surface area (TPSA) is 52.6 Å². The van der Waals surface area contributed by atoms with Crippen molar-refractivity contribution in [3.8, 4) is 0 Å². The highest BCUT2D eigenvalue weighted by atomic mass is 79.9. The van der Waals surface area contributed by atoms with Gasteiger partial charge in [0, 0.05) is 10.7 Å². The number of carbonyl (C=O) groups excluding carboxylic acids is 2. The lowest BCUT2D eigenvalue weighted by Crippen LogP contribution is -2.11. The first-order chi connectivity index (χ1) is 13.7. The Kier molecular flexibility index (Phi) is 23.1. The standard InChI is InChI=1S/C22H40Br2O4/c23-19-15-11-7-3-1-5-9-13-17-21(25)27-28-22(26)18-14-10-6-2-4-8-12-16-20-24/h1-20H2. The number of hydrogen-bond acceptors (Lipinski definition) is 4. The van der Waals surface area contributed by atoms with E-state index in [4.69, 9.17) is 0 Å². The molecule has 0 atom stereocenters. The van der Waals surface area contributed by atoms with Gasteiger partial charge in [-0.15, -0.1) is 0 Å². The number of alkyl halides is 2. The molecule has 0 aliphatic heterocycles. The second-order valence-electron chi connectivity index (χ2n) is 7.45. The molecule has 0 spiro atoms. The van der Waals surface area contributed by atoms with E-state index < -0.39 is 11.9 Å². The highest BCUT2D eigenvalue weighted by molar-refractivity contribution is 9.09. The van der Waals surface area contributed by atoms with Crippen LogP contribution in [-0.4, -0.2) is 22.6 Å². The molecular formula is C22H40Br2O4. The van der Waals surface area contributed by atoms with Crippen LogP contribution in [0.15, 0.2) is 0 Å². The number of hydrogen-bond donors (Lipinski definition) is 0. The fourth-order valence-electron chi connectivity index (χ4n) is 3.03. The maximum Gasteiger partial charge on any atom is 0.355 e. The van der Waals surface area contributed by atoms with Gasteiger partial charge in [-0.25, -0.2) is 19.4 Å². The predicted molar refractivity (Wildman–Crippen MR) is 123 cm³/mol. The van der Waals surface area contributed by atoms with Gasteiger partial charge in [0.1, 0.15) is 0 Å². The Bertz CT molecular complexity index is 330. The summed E-state index contributed by atoms with van der Waals surface area (Å²) in [6.45, 7) is 0. The van der Waals surface area contributed by atoms with Gasteiger partial charge in [-0.3, -0.25) is 0 Å². The Hall–Kier alpha value is -0.100. The quantitative estimate of drug-likeness (QED) is 0.0701. The molecule has 0 N–H and O–H groups in total. The van der Waals surface area contributed by atoms with E-state index in [1.807, 2.05) is 0 Å². The molecule has 166 valence electrons. The molecule has 0 radical (unpaired) electrons. The van der Waals surface area contributed by atoms with Gasteiger partial charge in [-0.05, 0) is 25.7 Å². The normalized spacial score (nSPS) is 10.8. The van der Waals surface area contributed by atoms with Crippen molar-refractivity contribution >= 4 is 43.8 Å². The maximum atomic E-state index is 11.6. The molecule has 0 bridgehead atoms. The van der Waals surface area contributed by atoms with E-state index in [0.29, 0.717) is 12.8 Å². The fourth-order valence-corrected chi connectivity index (χ4v) is 3.82. The minimum atomic E-state index is -0.436. The van der Waals surface area contributed by atoms with Gasteiger partial charge >= 0.3 is 11.9 Å². The van der Waals surface area contributed by atoms with Crippen molar-refractivity contribution in [3.63, 3.8) is 0 Å². The van der Waals surface area contributed by atoms with Crippen LogP contribution < -0.4 is 0 Å². The molecule has 0 fully saturated rings. The zero-order chi connectivity index (χ0) is 20.7. The van der Waals surface area contributed by atoms with Crippen molar-refractivity contribution in [1.82, 2.24) is 0 Å². The molecule has 0 amide bonds. The third-order valence-electron chi connectivity index (χ3n) is 4.76. The van der Waals surface area contributed by atoms with Crippen LogP contribution in [0.25, 0.3) is 0 Å². The van der Waals surface area contributed by atoms with Crippen molar-refractivity contribution in [3.05, 3.63) is 0 Å². The van der Waals surface area contributed by atoms with Gasteiger partial charge in [0.15, 0.2) is 0 Å². The Morgan fingerprint density at radius 1 is 0.429 bits per heavy atom. The Morgan fingerprint density at radius 2 is 0.679 bits per heavy atom. The lowest BCUT2D eigenvalue weighted by molar-refractivity contribution is -0.259. The highest BCUT2D eigenvalue weighted by Gasteiger charge is 2.09. The number of rotatable bonds is 20. The molecule has 4 nitrogen and oxygen atoms in total. The fraction of sp³-hybridized carbons (Fsp3) is 0.909. The van der Waals surface area contributed by atoms with Crippen LogP contribution in [0.3, 0.4) is 0 Å². The van der Waals surface area contributed by atoms with E-state index >= 15 is 0 Å². The molecule has 0 aliphatic rings. The molecule has 28 heavy (non-hydrogen) atoms. The van der Waals surface area contributed by atoms with Crippen LogP contribution in [0, 0.1) is 0 Å². The van der Waals surface area contributed by atoms with Crippen LogP contribution in [0.4, 0.5) is 0 Å². The summed E-state index contributed by atoms with van der Waals surface area (Å²) in [5.74, 6) is -0.872. The average Bonchev–Trinajstić information content (AvgIpc) is 2.69. The summed E-state index contributed by atoms with van der Waals surface area (Å²) in [5.41, 5.74) is 0. The minimum absolute atomic E-state index is 0.325. The van der Waals surface area contributed by atoms with Crippen LogP contribution >= 0.6 is 31.9 Å². The Morgan fingerprint density at radius 3 is 0.964 bits per heavy atom. The zero-order valence-corrected chi connectivity index (χ0v) is 20.7. The zero-order valence-electron chi connectivity index (χ0n) is 17.5. The molecule has 0 saturated carbocycles. The summed E-state index contributed by atoms with van der Waals surface area (Å²) < 4.78 is 0. The van der Waals surface area contributed by atoms with E-state index in [1.165, 1.54) is 64.2 Å². The van der Waals surface area contributed by atoms with Gasteiger partial charge in [0.25, 0.3) is 0 Å². The molecule has 0 rings (SSSR count). The first kappa shape index (κ1) is 27.9. The van der Waals surface area contributed by atoms with E-state index in [1.54, 1.807) is 0 Å². The van der Waals surface area contributed by atoms with Crippen molar-refractivity contribution < 1.29 is 19.4 Å². The number of carbonyl (C=O) groups is 2. The highest BCUT2D eigenvalue weighted by Crippen LogP contribution is 2.12. The Labute approximate surface area is 189 Å². The molecule has 0 saturated heterocycles. The summed E-state index contributed by atoms with van der Waals surface area (Å²) in [5, 5.41) is 2.19. The Balaban J connectivity index is 3.32. The minimum Gasteiger partial charge on any atom is -0.247 e.